The molecule has 132 valence electrons. The SMILES string of the molecule is CCCCCCCOc1ccc(NC(=O)/C=C/c2ccccc2)cc1. The van der Waals surface area contributed by atoms with Gasteiger partial charge in [-0.1, -0.05) is 62.9 Å². The zero-order valence-corrected chi connectivity index (χ0v) is 14.9. The molecule has 3 heteroatoms. The number of nitrogens with one attached hydrogen (secondary N) is 1. The predicted octanol–water partition coefficient (Wildman–Crippen LogP) is 5.69. The average molecular weight is 337 g/mol. The molecule has 2 aromatic carbocycles. The lowest BCUT2D eigenvalue weighted by Crippen LogP contribution is -2.07. The molecule has 0 spiro atoms. The molecule has 1 N–H and O–H groups in total. The Balaban J connectivity index is 1.72. The molecule has 0 aliphatic rings. The van der Waals surface area contributed by atoms with Crippen LogP contribution in [0.25, 0.3) is 6.08 Å². The van der Waals surface area contributed by atoms with Crippen molar-refractivity contribution in [3.05, 3.63) is 66.2 Å². The molecule has 0 aromatic heterocycles. The maximum atomic E-state index is 11.9. The van der Waals surface area contributed by atoms with Crippen molar-refractivity contribution in [1.82, 2.24) is 0 Å². The summed E-state index contributed by atoms with van der Waals surface area (Å²) in [6, 6.07) is 17.3. The Hall–Kier alpha value is -2.55. The van der Waals surface area contributed by atoms with Crippen molar-refractivity contribution < 1.29 is 9.53 Å². The van der Waals surface area contributed by atoms with Crippen LogP contribution in [0, 0.1) is 0 Å². The molecule has 0 aliphatic carbocycles. The van der Waals surface area contributed by atoms with Gasteiger partial charge in [-0.25, -0.2) is 0 Å². The maximum Gasteiger partial charge on any atom is 0.248 e. The van der Waals surface area contributed by atoms with Crippen LogP contribution in [0.1, 0.15) is 44.6 Å². The molecule has 0 heterocycles. The fourth-order valence-corrected chi connectivity index (χ4v) is 2.45. The molecule has 0 atom stereocenters. The van der Waals surface area contributed by atoms with Crippen LogP contribution >= 0.6 is 0 Å². The predicted molar refractivity (Wildman–Crippen MR) is 105 cm³/mol. The topological polar surface area (TPSA) is 38.3 Å². The Morgan fingerprint density at radius 2 is 1.68 bits per heavy atom. The second-order valence-corrected chi connectivity index (χ2v) is 6.02. The van der Waals surface area contributed by atoms with Gasteiger partial charge in [0.1, 0.15) is 5.75 Å². The first-order valence-electron chi connectivity index (χ1n) is 9.05. The van der Waals surface area contributed by atoms with Crippen LogP contribution in [0.5, 0.6) is 5.75 Å². The molecular formula is C22H27NO2. The first-order valence-corrected chi connectivity index (χ1v) is 9.05. The fourth-order valence-electron chi connectivity index (χ4n) is 2.45. The van der Waals surface area contributed by atoms with Gasteiger partial charge in [-0.15, -0.1) is 0 Å². The van der Waals surface area contributed by atoms with Crippen LogP contribution in [0.15, 0.2) is 60.7 Å². The van der Waals surface area contributed by atoms with Gasteiger partial charge in [0.25, 0.3) is 0 Å². The third-order valence-electron chi connectivity index (χ3n) is 3.87. The van der Waals surface area contributed by atoms with Crippen molar-refractivity contribution in [2.24, 2.45) is 0 Å². The van der Waals surface area contributed by atoms with Gasteiger partial charge in [0.15, 0.2) is 0 Å². The Kier molecular flexibility index (Phi) is 8.33. The van der Waals surface area contributed by atoms with Crippen molar-refractivity contribution in [1.29, 1.82) is 0 Å². The Labute approximate surface area is 150 Å². The Bertz CT molecular complexity index is 647. The van der Waals surface area contributed by atoms with Crippen LogP contribution in [-0.4, -0.2) is 12.5 Å². The molecule has 2 aromatic rings. The molecule has 0 fully saturated rings. The first kappa shape index (κ1) is 18.8. The lowest BCUT2D eigenvalue weighted by molar-refractivity contribution is -0.111. The number of unbranched alkanes of at least 4 members (excludes halogenated alkanes) is 4. The van der Waals surface area contributed by atoms with E-state index in [0.717, 1.165) is 30.0 Å². The van der Waals surface area contributed by atoms with E-state index < -0.39 is 0 Å². The number of anilines is 1. The lowest BCUT2D eigenvalue weighted by Gasteiger charge is -2.07. The van der Waals surface area contributed by atoms with Crippen LogP contribution in [0.4, 0.5) is 5.69 Å². The lowest BCUT2D eigenvalue weighted by atomic mass is 10.2. The van der Waals surface area contributed by atoms with Gasteiger partial charge in [0.05, 0.1) is 6.61 Å². The number of rotatable bonds is 10. The van der Waals surface area contributed by atoms with E-state index in [1.54, 1.807) is 6.08 Å². The maximum absolute atomic E-state index is 11.9. The number of benzene rings is 2. The molecule has 1 amide bonds. The molecule has 0 saturated carbocycles. The third-order valence-corrected chi connectivity index (χ3v) is 3.87. The van der Waals surface area contributed by atoms with E-state index in [0.29, 0.717) is 0 Å². The van der Waals surface area contributed by atoms with E-state index in [-0.39, 0.29) is 5.91 Å². The van der Waals surface area contributed by atoms with Gasteiger partial charge in [-0.2, -0.15) is 0 Å². The smallest absolute Gasteiger partial charge is 0.248 e. The van der Waals surface area contributed by atoms with Crippen LogP contribution in [0.2, 0.25) is 0 Å². The highest BCUT2D eigenvalue weighted by molar-refractivity contribution is 6.01. The number of amides is 1. The van der Waals surface area contributed by atoms with E-state index in [9.17, 15) is 4.79 Å². The minimum Gasteiger partial charge on any atom is -0.494 e. The first-order chi connectivity index (χ1) is 12.3. The van der Waals surface area contributed by atoms with E-state index in [4.69, 9.17) is 4.74 Å². The summed E-state index contributed by atoms with van der Waals surface area (Å²) in [7, 11) is 0. The molecule has 0 radical (unpaired) electrons. The van der Waals surface area contributed by atoms with Gasteiger partial charge in [-0.3, -0.25) is 4.79 Å². The van der Waals surface area contributed by atoms with Gasteiger partial charge >= 0.3 is 0 Å². The van der Waals surface area contributed by atoms with Crippen LogP contribution in [-0.2, 0) is 4.79 Å². The number of ether oxygens (including phenoxy) is 1. The number of carbonyl (C=O) groups excluding carboxylic acids is 1. The summed E-state index contributed by atoms with van der Waals surface area (Å²) in [6.07, 6.45) is 9.48. The Morgan fingerprint density at radius 3 is 2.40 bits per heavy atom. The fraction of sp³-hybridized carbons (Fsp3) is 0.318. The van der Waals surface area contributed by atoms with Crippen molar-refractivity contribution >= 4 is 17.7 Å². The van der Waals surface area contributed by atoms with Gasteiger partial charge in [0, 0.05) is 11.8 Å². The minimum atomic E-state index is -0.145. The van der Waals surface area contributed by atoms with Crippen molar-refractivity contribution in [2.45, 2.75) is 39.0 Å². The molecule has 0 saturated heterocycles. The van der Waals surface area contributed by atoms with E-state index in [2.05, 4.69) is 12.2 Å². The zero-order chi connectivity index (χ0) is 17.7. The molecule has 0 aliphatic heterocycles. The summed E-state index contributed by atoms with van der Waals surface area (Å²) in [6.45, 7) is 2.96. The highest BCUT2D eigenvalue weighted by Crippen LogP contribution is 2.16. The average Bonchev–Trinajstić information content (AvgIpc) is 2.65. The quantitative estimate of drug-likeness (QED) is 0.447. The largest absolute Gasteiger partial charge is 0.494 e. The summed E-state index contributed by atoms with van der Waals surface area (Å²) in [5.41, 5.74) is 1.76. The summed E-state index contributed by atoms with van der Waals surface area (Å²) >= 11 is 0. The molecule has 0 unspecified atom stereocenters. The second-order valence-electron chi connectivity index (χ2n) is 6.02. The molecule has 3 nitrogen and oxygen atoms in total. The zero-order valence-electron chi connectivity index (χ0n) is 14.9. The summed E-state index contributed by atoms with van der Waals surface area (Å²) in [5.74, 6) is 0.696. The normalized spacial score (nSPS) is 10.8. The number of hydrogen-bond acceptors (Lipinski definition) is 2. The second kappa shape index (κ2) is 11.1. The molecular weight excluding hydrogens is 310 g/mol. The van der Waals surface area contributed by atoms with Gasteiger partial charge in [0.2, 0.25) is 5.91 Å². The summed E-state index contributed by atoms with van der Waals surface area (Å²) < 4.78 is 5.72. The molecule has 0 bridgehead atoms. The van der Waals surface area contributed by atoms with E-state index in [1.807, 2.05) is 54.6 Å². The minimum absolute atomic E-state index is 0.145. The van der Waals surface area contributed by atoms with E-state index in [1.165, 1.54) is 31.8 Å². The Morgan fingerprint density at radius 1 is 0.960 bits per heavy atom. The van der Waals surface area contributed by atoms with Gasteiger partial charge in [-0.05, 0) is 42.3 Å². The third kappa shape index (κ3) is 7.71. The monoisotopic (exact) mass is 337 g/mol. The van der Waals surface area contributed by atoms with Crippen molar-refractivity contribution in [3.63, 3.8) is 0 Å². The molecule has 2 rings (SSSR count). The summed E-state index contributed by atoms with van der Waals surface area (Å²) in [5, 5.41) is 2.85. The van der Waals surface area contributed by atoms with Crippen LogP contribution in [0.3, 0.4) is 0 Å². The summed E-state index contributed by atoms with van der Waals surface area (Å²) in [4.78, 5) is 11.9. The number of hydrogen-bond donors (Lipinski definition) is 1. The highest BCUT2D eigenvalue weighted by Gasteiger charge is 1.99. The van der Waals surface area contributed by atoms with Crippen LogP contribution < -0.4 is 10.1 Å². The van der Waals surface area contributed by atoms with E-state index >= 15 is 0 Å². The standard InChI is InChI=1S/C22H27NO2/c1-2-3-4-5-9-18-25-21-15-13-20(14-16-21)23-22(24)17-12-19-10-7-6-8-11-19/h6-8,10-17H,2-5,9,18H2,1H3,(H,23,24)/b17-12+. The van der Waals surface area contributed by atoms with Gasteiger partial charge < -0.3 is 10.1 Å². The number of carbonyl (C=O) groups is 1. The molecule has 25 heavy (non-hydrogen) atoms. The van der Waals surface area contributed by atoms with Crippen molar-refractivity contribution in [2.75, 3.05) is 11.9 Å². The highest BCUT2D eigenvalue weighted by atomic mass is 16.5. The van der Waals surface area contributed by atoms with Crippen molar-refractivity contribution in [3.8, 4) is 5.75 Å².